The van der Waals surface area contributed by atoms with E-state index in [1.54, 1.807) is 0 Å². The van der Waals surface area contributed by atoms with Gasteiger partial charge in [0.15, 0.2) is 0 Å². The van der Waals surface area contributed by atoms with Crippen LogP contribution in [-0.2, 0) is 15.9 Å². The predicted molar refractivity (Wildman–Crippen MR) is 85.9 cm³/mol. The zero-order valence-electron chi connectivity index (χ0n) is 13.9. The number of rotatable bonds is 5. The molecule has 1 aromatic heterocycles. The first-order chi connectivity index (χ1) is 9.79. The van der Waals surface area contributed by atoms with Crippen molar-refractivity contribution in [3.63, 3.8) is 0 Å². The SMILES string of the molecule is CCn1cc(C=C(CNC)B2OC(C)(C)C(C)(C)O2)cn1. The second-order valence-electron chi connectivity index (χ2n) is 6.47. The normalized spacial score (nSPS) is 21.0. The maximum atomic E-state index is 6.13. The Kier molecular flexibility index (Phi) is 4.61. The average Bonchev–Trinajstić information content (AvgIpc) is 2.92. The molecular formula is C15H26BN3O2. The van der Waals surface area contributed by atoms with E-state index in [-0.39, 0.29) is 18.3 Å². The van der Waals surface area contributed by atoms with Crippen molar-refractivity contribution >= 4 is 13.2 Å². The van der Waals surface area contributed by atoms with Crippen LogP contribution in [0.5, 0.6) is 0 Å². The zero-order valence-corrected chi connectivity index (χ0v) is 13.9. The van der Waals surface area contributed by atoms with E-state index in [0.29, 0.717) is 6.54 Å². The summed E-state index contributed by atoms with van der Waals surface area (Å²) < 4.78 is 14.2. The Bertz CT molecular complexity index is 507. The van der Waals surface area contributed by atoms with Gasteiger partial charge in [-0.2, -0.15) is 5.10 Å². The first-order valence-electron chi connectivity index (χ1n) is 7.52. The molecule has 1 saturated heterocycles. The van der Waals surface area contributed by atoms with Gasteiger partial charge >= 0.3 is 7.12 Å². The molecule has 1 aliphatic rings. The second-order valence-corrected chi connectivity index (χ2v) is 6.47. The minimum atomic E-state index is -0.326. The molecule has 1 aromatic rings. The maximum Gasteiger partial charge on any atom is 0.491 e. The second kappa shape index (κ2) is 5.95. The number of hydrogen-bond acceptors (Lipinski definition) is 4. The lowest BCUT2D eigenvalue weighted by atomic mass is 9.77. The van der Waals surface area contributed by atoms with Crippen molar-refractivity contribution in [2.24, 2.45) is 0 Å². The topological polar surface area (TPSA) is 48.3 Å². The third kappa shape index (κ3) is 3.39. The molecule has 0 spiro atoms. The number of hydrogen-bond donors (Lipinski definition) is 1. The molecule has 0 amide bonds. The molecule has 0 bridgehead atoms. The van der Waals surface area contributed by atoms with Crippen LogP contribution in [0.15, 0.2) is 17.9 Å². The molecular weight excluding hydrogens is 265 g/mol. The maximum absolute atomic E-state index is 6.13. The van der Waals surface area contributed by atoms with Crippen molar-refractivity contribution in [1.82, 2.24) is 15.1 Å². The minimum absolute atomic E-state index is 0.321. The molecule has 0 atom stereocenters. The fourth-order valence-electron chi connectivity index (χ4n) is 2.24. The smallest absolute Gasteiger partial charge is 0.400 e. The van der Waals surface area contributed by atoms with Crippen molar-refractivity contribution in [3.05, 3.63) is 23.4 Å². The van der Waals surface area contributed by atoms with Crippen LogP contribution in [0.4, 0.5) is 0 Å². The number of nitrogens with one attached hydrogen (secondary N) is 1. The first kappa shape index (κ1) is 16.3. The summed E-state index contributed by atoms with van der Waals surface area (Å²) >= 11 is 0. The summed E-state index contributed by atoms with van der Waals surface area (Å²) in [6.45, 7) is 11.9. The molecule has 6 heteroatoms. The van der Waals surface area contributed by atoms with E-state index in [2.05, 4.69) is 51.1 Å². The molecule has 21 heavy (non-hydrogen) atoms. The fourth-order valence-corrected chi connectivity index (χ4v) is 2.24. The van der Waals surface area contributed by atoms with Gasteiger partial charge in [-0.1, -0.05) is 6.08 Å². The summed E-state index contributed by atoms with van der Waals surface area (Å²) in [5, 5.41) is 7.49. The largest absolute Gasteiger partial charge is 0.491 e. The van der Waals surface area contributed by atoms with Gasteiger partial charge in [0.05, 0.1) is 17.4 Å². The Labute approximate surface area is 127 Å². The Morgan fingerprint density at radius 2 is 1.95 bits per heavy atom. The van der Waals surface area contributed by atoms with E-state index in [0.717, 1.165) is 17.6 Å². The first-order valence-corrected chi connectivity index (χ1v) is 7.52. The van der Waals surface area contributed by atoms with Gasteiger partial charge in [0.2, 0.25) is 0 Å². The lowest BCUT2D eigenvalue weighted by Gasteiger charge is -2.32. The van der Waals surface area contributed by atoms with Gasteiger partial charge in [-0.25, -0.2) is 0 Å². The van der Waals surface area contributed by atoms with E-state index < -0.39 is 0 Å². The van der Waals surface area contributed by atoms with E-state index in [1.807, 2.05) is 24.1 Å². The molecule has 2 heterocycles. The van der Waals surface area contributed by atoms with E-state index in [4.69, 9.17) is 9.31 Å². The predicted octanol–water partition coefficient (Wildman–Crippen LogP) is 2.14. The third-order valence-electron chi connectivity index (χ3n) is 4.27. The summed E-state index contributed by atoms with van der Waals surface area (Å²) in [6.07, 6.45) is 5.99. The molecule has 2 rings (SSSR count). The van der Waals surface area contributed by atoms with Crippen molar-refractivity contribution < 1.29 is 9.31 Å². The van der Waals surface area contributed by atoms with Crippen LogP contribution in [0.2, 0.25) is 0 Å². The molecule has 1 fully saturated rings. The van der Waals surface area contributed by atoms with E-state index >= 15 is 0 Å². The monoisotopic (exact) mass is 291 g/mol. The van der Waals surface area contributed by atoms with Crippen molar-refractivity contribution in [3.8, 4) is 0 Å². The van der Waals surface area contributed by atoms with Crippen molar-refractivity contribution in [2.75, 3.05) is 13.6 Å². The van der Waals surface area contributed by atoms with E-state index in [1.165, 1.54) is 0 Å². The van der Waals surface area contributed by atoms with Crippen LogP contribution in [0.25, 0.3) is 6.08 Å². The highest BCUT2D eigenvalue weighted by Crippen LogP contribution is 2.38. The molecule has 116 valence electrons. The van der Waals surface area contributed by atoms with Crippen molar-refractivity contribution in [2.45, 2.75) is 52.4 Å². The number of aryl methyl sites for hydroxylation is 1. The Morgan fingerprint density at radius 1 is 1.33 bits per heavy atom. The van der Waals surface area contributed by atoms with Gasteiger partial charge in [-0.05, 0) is 47.1 Å². The zero-order chi connectivity index (χ0) is 15.7. The fraction of sp³-hybridized carbons (Fsp3) is 0.667. The van der Waals surface area contributed by atoms with Gasteiger partial charge in [0.1, 0.15) is 0 Å². The number of nitrogens with zero attached hydrogens (tertiary/aromatic N) is 2. The average molecular weight is 291 g/mol. The van der Waals surface area contributed by atoms with Crippen LogP contribution in [0.3, 0.4) is 0 Å². The molecule has 0 aliphatic carbocycles. The minimum Gasteiger partial charge on any atom is -0.400 e. The summed E-state index contributed by atoms with van der Waals surface area (Å²) in [7, 11) is 1.60. The van der Waals surface area contributed by atoms with Crippen LogP contribution >= 0.6 is 0 Å². The van der Waals surface area contributed by atoms with Crippen LogP contribution < -0.4 is 5.32 Å². The van der Waals surface area contributed by atoms with Gasteiger partial charge in [0, 0.05) is 24.8 Å². The van der Waals surface area contributed by atoms with Gasteiger partial charge in [-0.15, -0.1) is 0 Å². The van der Waals surface area contributed by atoms with Gasteiger partial charge < -0.3 is 14.6 Å². The Morgan fingerprint density at radius 3 is 2.43 bits per heavy atom. The summed E-state index contributed by atoms with van der Waals surface area (Å²) in [5.74, 6) is 0. The van der Waals surface area contributed by atoms with Crippen LogP contribution in [0, 0.1) is 0 Å². The molecule has 0 aromatic carbocycles. The number of aromatic nitrogens is 2. The lowest BCUT2D eigenvalue weighted by Crippen LogP contribution is -2.41. The van der Waals surface area contributed by atoms with E-state index in [9.17, 15) is 0 Å². The molecule has 0 saturated carbocycles. The standard InChI is InChI=1S/C15H26BN3O2/c1-7-19-11-12(9-18-19)8-13(10-17-6)16-20-14(2,3)15(4,5)21-16/h8-9,11,17H,7,10H2,1-6H3. The molecule has 0 unspecified atom stereocenters. The highest BCUT2D eigenvalue weighted by Gasteiger charge is 2.52. The van der Waals surface area contributed by atoms with Crippen LogP contribution in [0.1, 0.15) is 40.2 Å². The molecule has 1 aliphatic heterocycles. The van der Waals surface area contributed by atoms with Gasteiger partial charge in [0.25, 0.3) is 0 Å². The lowest BCUT2D eigenvalue weighted by molar-refractivity contribution is 0.00578. The summed E-state index contributed by atoms with van der Waals surface area (Å²) in [4.78, 5) is 0. The Balaban J connectivity index is 2.24. The Hall–Kier alpha value is -1.11. The highest BCUT2D eigenvalue weighted by atomic mass is 16.7. The quantitative estimate of drug-likeness (QED) is 0.844. The summed E-state index contributed by atoms with van der Waals surface area (Å²) in [5.41, 5.74) is 1.50. The van der Waals surface area contributed by atoms with Crippen molar-refractivity contribution in [1.29, 1.82) is 0 Å². The van der Waals surface area contributed by atoms with Gasteiger partial charge in [-0.3, -0.25) is 4.68 Å². The third-order valence-corrected chi connectivity index (χ3v) is 4.27. The highest BCUT2D eigenvalue weighted by molar-refractivity contribution is 6.55. The van der Waals surface area contributed by atoms with Crippen LogP contribution in [-0.4, -0.2) is 41.7 Å². The molecule has 0 radical (unpaired) electrons. The molecule has 5 nitrogen and oxygen atoms in total. The molecule has 1 N–H and O–H groups in total. The summed E-state index contributed by atoms with van der Waals surface area (Å²) in [6, 6.07) is 0. The number of likely N-dealkylation sites (N-methyl/N-ethyl adjacent to an activating group) is 1.